The molecule has 0 spiro atoms. The van der Waals surface area contributed by atoms with E-state index in [0.29, 0.717) is 29.9 Å². The second-order valence-electron chi connectivity index (χ2n) is 5.37. The van der Waals surface area contributed by atoms with Crippen LogP contribution in [0.25, 0.3) is 0 Å². The second-order valence-corrected chi connectivity index (χ2v) is 7.09. The molecule has 128 valence electrons. The topological polar surface area (TPSA) is 66.5 Å². The summed E-state index contributed by atoms with van der Waals surface area (Å²) in [5, 5.41) is 0. The normalized spacial score (nSPS) is 11.1. The number of benzene rings is 2. The highest BCUT2D eigenvalue weighted by molar-refractivity contribution is 7.91. The third-order valence-electron chi connectivity index (χ3n) is 3.67. The van der Waals surface area contributed by atoms with Gasteiger partial charge in [-0.25, -0.2) is 8.42 Å². The lowest BCUT2D eigenvalue weighted by molar-refractivity contribution is 0.0774. The van der Waals surface area contributed by atoms with E-state index in [-0.39, 0.29) is 11.7 Å². The molecule has 6 heteroatoms. The number of anilines is 1. The fourth-order valence-corrected chi connectivity index (χ4v) is 3.65. The van der Waals surface area contributed by atoms with E-state index >= 15 is 0 Å². The Kier molecular flexibility index (Phi) is 5.98. The fraction of sp³-hybridized carbons (Fsp3) is 0.278. The molecule has 0 radical (unpaired) electrons. The molecule has 2 rings (SSSR count). The van der Waals surface area contributed by atoms with Gasteiger partial charge in [0.2, 0.25) is 10.0 Å². The minimum atomic E-state index is -3.60. The highest BCUT2D eigenvalue weighted by atomic mass is 32.2. The number of nitrogens with one attached hydrogen (secondary N) is 1. The van der Waals surface area contributed by atoms with Crippen molar-refractivity contribution in [2.24, 2.45) is 0 Å². The first kappa shape index (κ1) is 18.0. The van der Waals surface area contributed by atoms with Gasteiger partial charge in [0.1, 0.15) is 0 Å². The van der Waals surface area contributed by atoms with E-state index in [9.17, 15) is 13.2 Å². The van der Waals surface area contributed by atoms with Crippen LogP contribution in [0.2, 0.25) is 0 Å². The quantitative estimate of drug-likeness (QED) is 0.838. The van der Waals surface area contributed by atoms with Gasteiger partial charge in [0.05, 0.1) is 17.0 Å². The zero-order valence-electron chi connectivity index (χ0n) is 13.9. The molecule has 2 aromatic rings. The largest absolute Gasteiger partial charge is 0.339 e. The molecular weight excluding hydrogens is 324 g/mol. The maximum Gasteiger partial charge on any atom is 0.255 e. The first-order valence-electron chi connectivity index (χ1n) is 7.89. The Morgan fingerprint density at radius 1 is 0.958 bits per heavy atom. The molecule has 0 fully saturated rings. The van der Waals surface area contributed by atoms with Crippen molar-refractivity contribution in [2.75, 3.05) is 17.8 Å². The summed E-state index contributed by atoms with van der Waals surface area (Å²) in [5.41, 5.74) is 1.36. The summed E-state index contributed by atoms with van der Waals surface area (Å²) in [6.07, 6.45) is 0. The van der Waals surface area contributed by atoms with Crippen molar-refractivity contribution in [3.63, 3.8) is 0 Å². The molecule has 0 unspecified atom stereocenters. The van der Waals surface area contributed by atoms with Gasteiger partial charge in [-0.3, -0.25) is 9.52 Å². The molecule has 5 nitrogen and oxygen atoms in total. The third-order valence-corrected chi connectivity index (χ3v) is 4.92. The Bertz CT molecular complexity index is 785. The third kappa shape index (κ3) is 4.58. The molecule has 1 N–H and O–H groups in total. The van der Waals surface area contributed by atoms with Crippen LogP contribution in [0.4, 0.5) is 5.69 Å². The Hall–Kier alpha value is -2.34. The summed E-state index contributed by atoms with van der Waals surface area (Å²) in [6, 6.07) is 15.6. The van der Waals surface area contributed by atoms with Crippen LogP contribution in [0, 0.1) is 0 Å². The Morgan fingerprint density at radius 2 is 1.54 bits per heavy atom. The van der Waals surface area contributed by atoms with Crippen molar-refractivity contribution in [1.82, 2.24) is 4.90 Å². The zero-order chi connectivity index (χ0) is 17.6. The van der Waals surface area contributed by atoms with Gasteiger partial charge >= 0.3 is 0 Å². The number of nitrogens with zero attached hydrogens (tertiary/aromatic N) is 1. The lowest BCUT2D eigenvalue weighted by Crippen LogP contribution is -2.31. The van der Waals surface area contributed by atoms with E-state index in [1.807, 2.05) is 19.9 Å². The average molecular weight is 346 g/mol. The first-order valence-corrected chi connectivity index (χ1v) is 9.54. The van der Waals surface area contributed by atoms with E-state index in [1.54, 1.807) is 53.4 Å². The summed E-state index contributed by atoms with van der Waals surface area (Å²) in [5.74, 6) is -0.320. The van der Waals surface area contributed by atoms with Gasteiger partial charge in [-0.05, 0) is 31.5 Å². The van der Waals surface area contributed by atoms with Crippen LogP contribution in [0.3, 0.4) is 0 Å². The lowest BCUT2D eigenvalue weighted by atomic mass is 10.1. The number of para-hydroxylation sites is 1. The van der Waals surface area contributed by atoms with Crippen molar-refractivity contribution in [3.8, 4) is 0 Å². The number of amides is 1. The Morgan fingerprint density at radius 3 is 2.17 bits per heavy atom. The highest BCUT2D eigenvalue weighted by Gasteiger charge is 2.19. The van der Waals surface area contributed by atoms with E-state index in [0.717, 1.165) is 0 Å². The van der Waals surface area contributed by atoms with Crippen molar-refractivity contribution in [3.05, 3.63) is 65.7 Å². The summed E-state index contributed by atoms with van der Waals surface area (Å²) in [7, 11) is -3.60. The van der Waals surface area contributed by atoms with Crippen LogP contribution < -0.4 is 4.72 Å². The number of sulfonamides is 1. The minimum absolute atomic E-state index is 0.137. The second kappa shape index (κ2) is 7.97. The molecule has 0 bridgehead atoms. The summed E-state index contributed by atoms with van der Waals surface area (Å²) < 4.78 is 27.4. The van der Waals surface area contributed by atoms with Gasteiger partial charge < -0.3 is 4.90 Å². The van der Waals surface area contributed by atoms with Crippen LogP contribution in [0.15, 0.2) is 54.6 Å². The van der Waals surface area contributed by atoms with Crippen LogP contribution in [0.5, 0.6) is 0 Å². The van der Waals surface area contributed by atoms with Crippen molar-refractivity contribution < 1.29 is 13.2 Å². The predicted molar refractivity (Wildman–Crippen MR) is 96.4 cm³/mol. The van der Waals surface area contributed by atoms with E-state index in [4.69, 9.17) is 0 Å². The average Bonchev–Trinajstić information content (AvgIpc) is 2.56. The van der Waals surface area contributed by atoms with Gasteiger partial charge in [-0.15, -0.1) is 0 Å². The number of rotatable bonds is 7. The number of carbonyl (C=O) groups is 1. The van der Waals surface area contributed by atoms with Gasteiger partial charge in [-0.2, -0.15) is 0 Å². The molecule has 0 aromatic heterocycles. The van der Waals surface area contributed by atoms with E-state index < -0.39 is 10.0 Å². The summed E-state index contributed by atoms with van der Waals surface area (Å²) >= 11 is 0. The molecule has 0 aliphatic heterocycles. The molecular formula is C18H22N2O3S. The van der Waals surface area contributed by atoms with Crippen molar-refractivity contribution in [2.45, 2.75) is 19.6 Å². The number of hydrogen-bond acceptors (Lipinski definition) is 3. The van der Waals surface area contributed by atoms with Gasteiger partial charge in [0, 0.05) is 13.1 Å². The van der Waals surface area contributed by atoms with Crippen LogP contribution in [-0.2, 0) is 15.8 Å². The van der Waals surface area contributed by atoms with Gasteiger partial charge in [0.15, 0.2) is 0 Å². The number of hydrogen-bond donors (Lipinski definition) is 1. The SMILES string of the molecule is CCN(CC)C(=O)c1ccccc1NS(=O)(=O)Cc1ccccc1. The zero-order valence-corrected chi connectivity index (χ0v) is 14.7. The van der Waals surface area contributed by atoms with Crippen molar-refractivity contribution >= 4 is 21.6 Å². The van der Waals surface area contributed by atoms with E-state index in [2.05, 4.69) is 4.72 Å². The standard InChI is InChI=1S/C18H22N2O3S/c1-3-20(4-2)18(21)16-12-8-9-13-17(16)19-24(22,23)14-15-10-6-5-7-11-15/h5-13,19H,3-4,14H2,1-2H3. The Balaban J connectivity index is 2.25. The minimum Gasteiger partial charge on any atom is -0.339 e. The smallest absolute Gasteiger partial charge is 0.255 e. The predicted octanol–water partition coefficient (Wildman–Crippen LogP) is 3.11. The monoisotopic (exact) mass is 346 g/mol. The van der Waals surface area contributed by atoms with Crippen LogP contribution >= 0.6 is 0 Å². The van der Waals surface area contributed by atoms with E-state index in [1.165, 1.54) is 0 Å². The molecule has 0 saturated carbocycles. The van der Waals surface area contributed by atoms with Gasteiger partial charge in [0.25, 0.3) is 5.91 Å². The maximum atomic E-state index is 12.6. The fourth-order valence-electron chi connectivity index (χ4n) is 2.44. The maximum absolute atomic E-state index is 12.6. The molecule has 1 amide bonds. The molecule has 24 heavy (non-hydrogen) atoms. The summed E-state index contributed by atoms with van der Waals surface area (Å²) in [6.45, 7) is 4.92. The molecule has 0 saturated heterocycles. The first-order chi connectivity index (χ1) is 11.5. The number of carbonyl (C=O) groups excluding carboxylic acids is 1. The molecule has 0 aliphatic rings. The molecule has 0 aliphatic carbocycles. The molecule has 0 atom stereocenters. The lowest BCUT2D eigenvalue weighted by Gasteiger charge is -2.20. The molecule has 0 heterocycles. The van der Waals surface area contributed by atoms with Gasteiger partial charge in [-0.1, -0.05) is 42.5 Å². The summed E-state index contributed by atoms with van der Waals surface area (Å²) in [4.78, 5) is 14.2. The highest BCUT2D eigenvalue weighted by Crippen LogP contribution is 2.20. The Labute approximate surface area is 143 Å². The van der Waals surface area contributed by atoms with Crippen molar-refractivity contribution in [1.29, 1.82) is 0 Å². The van der Waals surface area contributed by atoms with Crippen LogP contribution in [-0.4, -0.2) is 32.3 Å². The molecule has 2 aromatic carbocycles. The van der Waals surface area contributed by atoms with Crippen LogP contribution in [0.1, 0.15) is 29.8 Å².